The molecule has 0 atom stereocenters. The van der Waals surface area contributed by atoms with Crippen molar-refractivity contribution in [1.82, 2.24) is 15.1 Å². The highest BCUT2D eigenvalue weighted by molar-refractivity contribution is 6.00. The smallest absolute Gasteiger partial charge is 0.242 e. The number of ether oxygens (including phenoxy) is 2. The highest BCUT2D eigenvalue weighted by Gasteiger charge is 2.17. The first-order chi connectivity index (χ1) is 13.8. The van der Waals surface area contributed by atoms with Crippen LogP contribution < -0.4 is 10.1 Å². The molecule has 0 saturated carbocycles. The van der Waals surface area contributed by atoms with Gasteiger partial charge in [-0.15, -0.1) is 10.2 Å². The predicted octanol–water partition coefficient (Wildman–Crippen LogP) is 2.58. The van der Waals surface area contributed by atoms with E-state index < -0.39 is 0 Å². The van der Waals surface area contributed by atoms with Crippen LogP contribution in [0.15, 0.2) is 48.5 Å². The third-order valence-electron chi connectivity index (χ3n) is 4.82. The van der Waals surface area contributed by atoms with Crippen LogP contribution in [0.25, 0.3) is 22.0 Å². The fourth-order valence-corrected chi connectivity index (χ4v) is 3.28. The molecule has 1 aliphatic rings. The second kappa shape index (κ2) is 8.22. The molecule has 2 heterocycles. The van der Waals surface area contributed by atoms with Crippen LogP contribution in [0.2, 0.25) is 0 Å². The van der Waals surface area contributed by atoms with Crippen molar-refractivity contribution in [1.29, 1.82) is 0 Å². The topological polar surface area (TPSA) is 76.6 Å². The van der Waals surface area contributed by atoms with E-state index in [1.165, 1.54) is 0 Å². The number of nitrogens with one attached hydrogen (secondary N) is 1. The molecule has 1 amide bonds. The van der Waals surface area contributed by atoms with Gasteiger partial charge in [0, 0.05) is 29.4 Å². The van der Waals surface area contributed by atoms with Gasteiger partial charge < -0.3 is 19.7 Å². The van der Waals surface area contributed by atoms with E-state index >= 15 is 0 Å². The van der Waals surface area contributed by atoms with Crippen molar-refractivity contribution >= 4 is 22.5 Å². The van der Waals surface area contributed by atoms with Crippen LogP contribution in [0.3, 0.4) is 0 Å². The van der Waals surface area contributed by atoms with Gasteiger partial charge in [0.1, 0.15) is 11.4 Å². The Morgan fingerprint density at radius 3 is 2.50 bits per heavy atom. The van der Waals surface area contributed by atoms with Gasteiger partial charge in [-0.05, 0) is 24.3 Å². The zero-order valence-electron chi connectivity index (χ0n) is 15.7. The van der Waals surface area contributed by atoms with E-state index in [1.807, 2.05) is 48.5 Å². The van der Waals surface area contributed by atoms with Crippen LogP contribution in [0.1, 0.15) is 0 Å². The Balaban J connectivity index is 1.59. The van der Waals surface area contributed by atoms with Gasteiger partial charge in [0.05, 0.1) is 26.9 Å². The Labute approximate surface area is 163 Å². The van der Waals surface area contributed by atoms with E-state index in [2.05, 4.69) is 15.5 Å². The number of nitrogens with zero attached hydrogens (tertiary/aromatic N) is 3. The van der Waals surface area contributed by atoms with E-state index in [1.54, 1.807) is 12.0 Å². The molecule has 1 aromatic heterocycles. The second-order valence-electron chi connectivity index (χ2n) is 6.52. The number of aromatic nitrogens is 2. The lowest BCUT2D eigenvalue weighted by molar-refractivity contribution is -0.133. The average Bonchev–Trinajstić information content (AvgIpc) is 2.78. The molecule has 0 spiro atoms. The van der Waals surface area contributed by atoms with E-state index in [0.29, 0.717) is 32.1 Å². The molecular formula is C21H22N4O3. The van der Waals surface area contributed by atoms with Gasteiger partial charge in [0.2, 0.25) is 5.91 Å². The lowest BCUT2D eigenvalue weighted by atomic mass is 10.0. The maximum atomic E-state index is 12.4. The zero-order valence-corrected chi connectivity index (χ0v) is 15.7. The lowest BCUT2D eigenvalue weighted by Gasteiger charge is -2.27. The standard InChI is InChI=1S/C21H22N4O3/c1-27-16-8-6-15(7-9-16)20-17-4-2-3-5-18(17)21(24-23-20)22-14-19(26)25-10-12-28-13-11-25/h2-9H,10-14H2,1H3,(H,22,24). The lowest BCUT2D eigenvalue weighted by Crippen LogP contribution is -2.43. The van der Waals surface area contributed by atoms with Crippen LogP contribution in [-0.4, -0.2) is 61.0 Å². The fraction of sp³-hybridized carbons (Fsp3) is 0.286. The Morgan fingerprint density at radius 1 is 1.07 bits per heavy atom. The molecule has 4 rings (SSSR count). The van der Waals surface area contributed by atoms with Crippen molar-refractivity contribution in [3.63, 3.8) is 0 Å². The number of methoxy groups -OCH3 is 1. The van der Waals surface area contributed by atoms with Crippen LogP contribution in [0.5, 0.6) is 5.75 Å². The molecule has 1 aliphatic heterocycles. The van der Waals surface area contributed by atoms with Crippen molar-refractivity contribution in [2.45, 2.75) is 0 Å². The molecular weight excluding hydrogens is 356 g/mol. The summed E-state index contributed by atoms with van der Waals surface area (Å²) in [6.45, 7) is 2.61. The first kappa shape index (κ1) is 18.2. The molecule has 7 heteroatoms. The molecule has 1 saturated heterocycles. The van der Waals surface area contributed by atoms with Gasteiger partial charge in [-0.1, -0.05) is 24.3 Å². The number of anilines is 1. The normalized spacial score (nSPS) is 14.1. The molecule has 2 aromatic carbocycles. The van der Waals surface area contributed by atoms with Gasteiger partial charge in [0.25, 0.3) is 0 Å². The summed E-state index contributed by atoms with van der Waals surface area (Å²) in [6, 6.07) is 15.7. The minimum absolute atomic E-state index is 0.0356. The number of hydrogen-bond acceptors (Lipinski definition) is 6. The van der Waals surface area contributed by atoms with Gasteiger partial charge >= 0.3 is 0 Å². The number of carbonyl (C=O) groups is 1. The molecule has 0 aliphatic carbocycles. The first-order valence-corrected chi connectivity index (χ1v) is 9.25. The molecule has 28 heavy (non-hydrogen) atoms. The zero-order chi connectivity index (χ0) is 19.3. The van der Waals surface area contributed by atoms with Crippen molar-refractivity contribution < 1.29 is 14.3 Å². The largest absolute Gasteiger partial charge is 0.497 e. The van der Waals surface area contributed by atoms with Crippen LogP contribution in [-0.2, 0) is 9.53 Å². The number of hydrogen-bond donors (Lipinski definition) is 1. The maximum absolute atomic E-state index is 12.4. The molecule has 1 fully saturated rings. The predicted molar refractivity (Wildman–Crippen MR) is 107 cm³/mol. The molecule has 3 aromatic rings. The summed E-state index contributed by atoms with van der Waals surface area (Å²) >= 11 is 0. The first-order valence-electron chi connectivity index (χ1n) is 9.25. The van der Waals surface area contributed by atoms with Crippen molar-refractivity contribution in [2.24, 2.45) is 0 Å². The summed E-state index contributed by atoms with van der Waals surface area (Å²) in [5, 5.41) is 13.8. The minimum Gasteiger partial charge on any atom is -0.497 e. The number of carbonyl (C=O) groups excluding carboxylic acids is 1. The Hall–Kier alpha value is -3.19. The van der Waals surface area contributed by atoms with Gasteiger partial charge in [0.15, 0.2) is 5.82 Å². The minimum atomic E-state index is 0.0356. The number of benzene rings is 2. The van der Waals surface area contributed by atoms with Crippen LogP contribution in [0.4, 0.5) is 5.82 Å². The summed E-state index contributed by atoms with van der Waals surface area (Å²) in [6.07, 6.45) is 0. The van der Waals surface area contributed by atoms with Crippen LogP contribution >= 0.6 is 0 Å². The highest BCUT2D eigenvalue weighted by Crippen LogP contribution is 2.30. The SMILES string of the molecule is COc1ccc(-c2nnc(NCC(=O)N3CCOCC3)c3ccccc23)cc1. The molecule has 1 N–H and O–H groups in total. The number of rotatable bonds is 5. The average molecular weight is 378 g/mol. The monoisotopic (exact) mass is 378 g/mol. The number of morpholine rings is 1. The second-order valence-corrected chi connectivity index (χ2v) is 6.52. The third kappa shape index (κ3) is 3.75. The van der Waals surface area contributed by atoms with E-state index in [9.17, 15) is 4.79 Å². The summed E-state index contributed by atoms with van der Waals surface area (Å²) in [7, 11) is 1.64. The summed E-state index contributed by atoms with van der Waals surface area (Å²) in [5.74, 6) is 1.43. The number of amides is 1. The molecule has 7 nitrogen and oxygen atoms in total. The quantitative estimate of drug-likeness (QED) is 0.735. The summed E-state index contributed by atoms with van der Waals surface area (Å²) in [4.78, 5) is 14.2. The molecule has 144 valence electrons. The van der Waals surface area contributed by atoms with E-state index in [4.69, 9.17) is 9.47 Å². The van der Waals surface area contributed by atoms with E-state index in [-0.39, 0.29) is 12.5 Å². The highest BCUT2D eigenvalue weighted by atomic mass is 16.5. The van der Waals surface area contributed by atoms with Crippen molar-refractivity contribution in [3.05, 3.63) is 48.5 Å². The van der Waals surface area contributed by atoms with Gasteiger partial charge in [-0.2, -0.15) is 0 Å². The number of fused-ring (bicyclic) bond motifs is 1. The van der Waals surface area contributed by atoms with Crippen LogP contribution in [0, 0.1) is 0 Å². The maximum Gasteiger partial charge on any atom is 0.242 e. The van der Waals surface area contributed by atoms with E-state index in [0.717, 1.165) is 27.8 Å². The summed E-state index contributed by atoms with van der Waals surface area (Å²) < 4.78 is 10.5. The van der Waals surface area contributed by atoms with Crippen molar-refractivity contribution in [2.75, 3.05) is 45.3 Å². The van der Waals surface area contributed by atoms with Crippen molar-refractivity contribution in [3.8, 4) is 17.0 Å². The van der Waals surface area contributed by atoms with Gasteiger partial charge in [-0.25, -0.2) is 0 Å². The molecule has 0 radical (unpaired) electrons. The Kier molecular flexibility index (Phi) is 5.34. The Bertz CT molecular complexity index is 969. The third-order valence-corrected chi connectivity index (χ3v) is 4.82. The summed E-state index contributed by atoms with van der Waals surface area (Å²) in [5.41, 5.74) is 1.75. The fourth-order valence-electron chi connectivity index (χ4n) is 3.28. The molecule has 0 bridgehead atoms. The Morgan fingerprint density at radius 2 is 1.79 bits per heavy atom. The molecule has 0 unspecified atom stereocenters. The van der Waals surface area contributed by atoms with Gasteiger partial charge in [-0.3, -0.25) is 4.79 Å².